The summed E-state index contributed by atoms with van der Waals surface area (Å²) >= 11 is 0. The molecule has 0 spiro atoms. The average Bonchev–Trinajstić information content (AvgIpc) is 3.36. The lowest BCUT2D eigenvalue weighted by molar-refractivity contribution is -0.163. The van der Waals surface area contributed by atoms with Gasteiger partial charge in [0.1, 0.15) is 6.10 Å². The monoisotopic (exact) mass is 836 g/mol. The summed E-state index contributed by atoms with van der Waals surface area (Å²) in [6.45, 7) is 6.55. The highest BCUT2D eigenvalue weighted by molar-refractivity contribution is 5.49. The zero-order chi connectivity index (χ0) is 42.8. The van der Waals surface area contributed by atoms with E-state index in [1.807, 2.05) is 18.2 Å². The molecule has 1 aliphatic heterocycles. The van der Waals surface area contributed by atoms with E-state index in [1.54, 1.807) is 0 Å². The summed E-state index contributed by atoms with van der Waals surface area (Å²) in [7, 11) is 0. The van der Waals surface area contributed by atoms with E-state index >= 15 is 0 Å². The van der Waals surface area contributed by atoms with Crippen LogP contribution in [0.1, 0.15) is 45.4 Å². The van der Waals surface area contributed by atoms with Crippen molar-refractivity contribution in [2.24, 2.45) is 0 Å². The molecule has 0 N–H and O–H groups in total. The Morgan fingerprint density at radius 1 is 0.381 bits per heavy atom. The minimum absolute atomic E-state index is 0.308. The molecule has 322 valence electrons. The third kappa shape index (κ3) is 11.9. The number of hydrogen-bond acceptors (Lipinski definition) is 6. The van der Waals surface area contributed by atoms with Crippen molar-refractivity contribution in [3.63, 3.8) is 0 Å². The lowest BCUT2D eigenvalue weighted by Crippen LogP contribution is -2.58. The Morgan fingerprint density at radius 3 is 1.14 bits per heavy atom. The SMILES string of the molecule is c1ccc(COCC[C@H](OCc2ccccc2)[C@H](OCc2ccccc2)[C@@H](CN2CCN(C(c3ccccc3)(c3ccccc3)c3ccccc3)CC2)OCc2ccccc2)cc1. The Kier molecular flexibility index (Phi) is 16.1. The number of nitrogens with zero attached hydrogens (tertiary/aromatic N) is 2. The summed E-state index contributed by atoms with van der Waals surface area (Å²) < 4.78 is 27.5. The Bertz CT molecular complexity index is 2200. The van der Waals surface area contributed by atoms with Gasteiger partial charge in [0.25, 0.3) is 0 Å². The standard InChI is InChI=1S/C57H60N2O4/c1-8-22-47(23-9-1)43-60-41-36-54(61-44-48-24-10-2-11-25-48)56(63-46-50-28-14-4-15-29-50)55(62-45-49-26-12-3-13-27-49)42-58-37-39-59(40-38-58)57(51-30-16-5-17-31-51,52-32-18-6-19-33-52)53-34-20-7-21-35-53/h1-35,54-56H,36-46H2/t54-,55+,56-/m0/s1. The van der Waals surface area contributed by atoms with Crippen molar-refractivity contribution < 1.29 is 18.9 Å². The zero-order valence-corrected chi connectivity index (χ0v) is 36.2. The van der Waals surface area contributed by atoms with E-state index in [2.05, 4.69) is 204 Å². The van der Waals surface area contributed by atoms with E-state index in [4.69, 9.17) is 18.9 Å². The van der Waals surface area contributed by atoms with Gasteiger partial charge < -0.3 is 18.9 Å². The van der Waals surface area contributed by atoms with E-state index in [0.29, 0.717) is 46.0 Å². The minimum atomic E-state index is -0.462. The van der Waals surface area contributed by atoms with Crippen LogP contribution in [0.2, 0.25) is 0 Å². The number of rotatable bonds is 22. The van der Waals surface area contributed by atoms with Crippen LogP contribution in [0, 0.1) is 0 Å². The van der Waals surface area contributed by atoms with Crippen LogP contribution in [0.3, 0.4) is 0 Å². The zero-order valence-electron chi connectivity index (χ0n) is 36.2. The average molecular weight is 837 g/mol. The van der Waals surface area contributed by atoms with Gasteiger partial charge in [0.2, 0.25) is 0 Å². The van der Waals surface area contributed by atoms with Gasteiger partial charge in [0.15, 0.2) is 0 Å². The fourth-order valence-corrected chi connectivity index (χ4v) is 8.94. The van der Waals surface area contributed by atoms with Crippen LogP contribution in [-0.4, -0.2) is 67.4 Å². The third-order valence-electron chi connectivity index (χ3n) is 12.1. The van der Waals surface area contributed by atoms with E-state index in [9.17, 15) is 0 Å². The highest BCUT2D eigenvalue weighted by atomic mass is 16.6. The van der Waals surface area contributed by atoms with Crippen molar-refractivity contribution >= 4 is 0 Å². The highest BCUT2D eigenvalue weighted by Gasteiger charge is 2.44. The summed E-state index contributed by atoms with van der Waals surface area (Å²) in [5.74, 6) is 0. The maximum Gasteiger partial charge on any atom is 0.112 e. The van der Waals surface area contributed by atoms with E-state index in [0.717, 1.165) is 48.4 Å². The molecule has 0 amide bonds. The molecule has 7 aromatic rings. The second-order valence-corrected chi connectivity index (χ2v) is 16.4. The Balaban J connectivity index is 1.09. The predicted molar refractivity (Wildman–Crippen MR) is 253 cm³/mol. The Labute approximate surface area is 374 Å². The first-order valence-corrected chi connectivity index (χ1v) is 22.5. The van der Waals surface area contributed by atoms with Crippen LogP contribution >= 0.6 is 0 Å². The van der Waals surface area contributed by atoms with Crippen molar-refractivity contribution in [1.82, 2.24) is 9.80 Å². The van der Waals surface area contributed by atoms with Gasteiger partial charge >= 0.3 is 0 Å². The molecule has 0 radical (unpaired) electrons. The molecular weight excluding hydrogens is 777 g/mol. The van der Waals surface area contributed by atoms with E-state index < -0.39 is 11.6 Å². The molecule has 7 aromatic carbocycles. The minimum Gasteiger partial charge on any atom is -0.377 e. The van der Waals surface area contributed by atoms with E-state index in [-0.39, 0.29) is 12.2 Å². The van der Waals surface area contributed by atoms with Crippen molar-refractivity contribution in [2.75, 3.05) is 39.3 Å². The van der Waals surface area contributed by atoms with Gasteiger partial charge in [-0.2, -0.15) is 0 Å². The summed E-state index contributed by atoms with van der Waals surface area (Å²) in [5, 5.41) is 0. The number of piperazine rings is 1. The summed E-state index contributed by atoms with van der Waals surface area (Å²) in [6.07, 6.45) is -0.370. The molecule has 1 heterocycles. The molecule has 0 saturated carbocycles. The molecule has 1 fully saturated rings. The molecule has 1 aliphatic rings. The van der Waals surface area contributed by atoms with Crippen LogP contribution in [0.4, 0.5) is 0 Å². The van der Waals surface area contributed by atoms with Crippen LogP contribution in [-0.2, 0) is 50.9 Å². The van der Waals surface area contributed by atoms with Crippen LogP contribution < -0.4 is 0 Å². The van der Waals surface area contributed by atoms with Crippen LogP contribution in [0.25, 0.3) is 0 Å². The Morgan fingerprint density at radius 2 is 0.730 bits per heavy atom. The van der Waals surface area contributed by atoms with Crippen molar-refractivity contribution in [2.45, 2.75) is 56.7 Å². The highest BCUT2D eigenvalue weighted by Crippen LogP contribution is 2.43. The number of ether oxygens (including phenoxy) is 4. The summed E-state index contributed by atoms with van der Waals surface area (Å²) in [6, 6.07) is 74.7. The molecule has 0 aliphatic carbocycles. The van der Waals surface area contributed by atoms with Gasteiger partial charge in [0, 0.05) is 39.3 Å². The van der Waals surface area contributed by atoms with Crippen molar-refractivity contribution in [3.8, 4) is 0 Å². The first-order chi connectivity index (χ1) is 31.3. The van der Waals surface area contributed by atoms with E-state index in [1.165, 1.54) is 16.7 Å². The largest absolute Gasteiger partial charge is 0.377 e. The molecule has 8 rings (SSSR count). The van der Waals surface area contributed by atoms with Crippen molar-refractivity contribution in [1.29, 1.82) is 0 Å². The first-order valence-electron chi connectivity index (χ1n) is 22.5. The fraction of sp³-hybridized carbons (Fsp3) is 0.263. The van der Waals surface area contributed by atoms with Crippen molar-refractivity contribution in [3.05, 3.63) is 251 Å². The molecule has 6 nitrogen and oxygen atoms in total. The Hall–Kier alpha value is -5.70. The molecule has 3 atom stereocenters. The second-order valence-electron chi connectivity index (χ2n) is 16.4. The van der Waals surface area contributed by atoms with Gasteiger partial charge in [0.05, 0.1) is 44.2 Å². The maximum atomic E-state index is 7.09. The van der Waals surface area contributed by atoms with Gasteiger partial charge in [-0.3, -0.25) is 9.80 Å². The first kappa shape index (κ1) is 43.9. The maximum absolute atomic E-state index is 7.09. The lowest BCUT2D eigenvalue weighted by atomic mass is 9.75. The smallest absolute Gasteiger partial charge is 0.112 e. The normalized spacial score (nSPS) is 15.1. The number of benzene rings is 7. The lowest BCUT2D eigenvalue weighted by Gasteiger charge is -2.49. The molecule has 0 aromatic heterocycles. The quantitative estimate of drug-likeness (QED) is 0.0501. The molecule has 1 saturated heterocycles. The topological polar surface area (TPSA) is 43.4 Å². The van der Waals surface area contributed by atoms with Gasteiger partial charge in [-0.15, -0.1) is 0 Å². The summed E-state index contributed by atoms with van der Waals surface area (Å²) in [5.41, 5.74) is 7.84. The predicted octanol–water partition coefficient (Wildman–Crippen LogP) is 11.0. The number of hydrogen-bond donors (Lipinski definition) is 0. The second kappa shape index (κ2) is 23.1. The molecular formula is C57H60N2O4. The van der Waals surface area contributed by atoms with Gasteiger partial charge in [-0.1, -0.05) is 212 Å². The molecule has 6 heteroatoms. The van der Waals surface area contributed by atoms with Gasteiger partial charge in [-0.05, 0) is 45.4 Å². The molecule has 0 bridgehead atoms. The molecule has 63 heavy (non-hydrogen) atoms. The van der Waals surface area contributed by atoms with Gasteiger partial charge in [-0.25, -0.2) is 0 Å². The summed E-state index contributed by atoms with van der Waals surface area (Å²) in [4.78, 5) is 5.25. The van der Waals surface area contributed by atoms with Crippen LogP contribution in [0.5, 0.6) is 0 Å². The fourth-order valence-electron chi connectivity index (χ4n) is 8.94. The third-order valence-corrected chi connectivity index (χ3v) is 12.1. The molecule has 0 unspecified atom stereocenters. The van der Waals surface area contributed by atoms with Crippen LogP contribution in [0.15, 0.2) is 212 Å².